The van der Waals surface area contributed by atoms with Crippen LogP contribution < -0.4 is 5.56 Å². The molecule has 10 nitrogen and oxygen atoms in total. The summed E-state index contributed by atoms with van der Waals surface area (Å²) in [7, 11) is 1.76. The first-order valence-electron chi connectivity index (χ1n) is 15.5. The quantitative estimate of drug-likeness (QED) is 0.229. The zero-order chi connectivity index (χ0) is 33.0. The number of carbonyl (C=O) groups is 1. The number of hydrogen-bond acceptors (Lipinski definition) is 7. The zero-order valence-corrected chi connectivity index (χ0v) is 27.8. The molecule has 5 aromatic rings. The Labute approximate surface area is 272 Å². The van der Waals surface area contributed by atoms with E-state index in [2.05, 4.69) is 21.1 Å². The van der Waals surface area contributed by atoms with E-state index in [9.17, 15) is 14.7 Å². The lowest BCUT2D eigenvalue weighted by Gasteiger charge is -2.21. The van der Waals surface area contributed by atoms with Gasteiger partial charge in [0, 0.05) is 42.1 Å². The first kappa shape index (κ1) is 31.7. The molecule has 6 rings (SSSR count). The van der Waals surface area contributed by atoms with Gasteiger partial charge in [-0.15, -0.1) is 0 Å². The number of aromatic nitrogens is 6. The molecule has 3 aromatic heterocycles. The zero-order valence-electron chi connectivity index (χ0n) is 27.0. The standard InChI is InChI=1S/C35H39ClN6O4/c1-34(2,3)46-33(44)41-19-24-9-7-8-23(30(24)39-41)14-21-10-13-28(36)25(15-21)20-42-29-16-22(11-12-27(29)31(43)40(42)6)26-17-37-32(38-18-26)35(4,5)45/h10-13,15-19,23,45H,7-9,14,20H2,1-6H3. The van der Waals surface area contributed by atoms with Crippen molar-refractivity contribution in [3.63, 3.8) is 0 Å². The fraction of sp³-hybridized carbons (Fsp3) is 0.400. The number of aryl methyl sites for hydroxylation is 1. The Balaban J connectivity index is 1.28. The second kappa shape index (κ2) is 11.8. The van der Waals surface area contributed by atoms with Crippen molar-refractivity contribution in [2.24, 2.45) is 7.05 Å². The number of carbonyl (C=O) groups excluding carboxylic acids is 1. The molecule has 2 aromatic carbocycles. The summed E-state index contributed by atoms with van der Waals surface area (Å²) in [6, 6.07) is 11.7. The smallest absolute Gasteiger partial charge is 0.435 e. The topological polar surface area (TPSA) is 117 Å². The fourth-order valence-electron chi connectivity index (χ4n) is 6.09. The Bertz CT molecular complexity index is 1990. The van der Waals surface area contributed by atoms with E-state index in [1.54, 1.807) is 38.0 Å². The first-order valence-corrected chi connectivity index (χ1v) is 15.9. The van der Waals surface area contributed by atoms with E-state index in [1.807, 2.05) is 62.0 Å². The summed E-state index contributed by atoms with van der Waals surface area (Å²) in [6.45, 7) is 9.20. The minimum absolute atomic E-state index is 0.0993. The highest BCUT2D eigenvalue weighted by Crippen LogP contribution is 2.34. The van der Waals surface area contributed by atoms with Crippen LogP contribution >= 0.6 is 11.6 Å². The van der Waals surface area contributed by atoms with Gasteiger partial charge in [0.05, 0.1) is 23.1 Å². The molecule has 0 saturated carbocycles. The van der Waals surface area contributed by atoms with Crippen molar-refractivity contribution in [2.45, 2.75) is 84.0 Å². The number of hydrogen-bond donors (Lipinski definition) is 1. The molecule has 0 saturated heterocycles. The Morgan fingerprint density at radius 1 is 1.07 bits per heavy atom. The molecule has 3 heterocycles. The van der Waals surface area contributed by atoms with Crippen LogP contribution in [-0.2, 0) is 36.8 Å². The summed E-state index contributed by atoms with van der Waals surface area (Å²) >= 11 is 6.75. The van der Waals surface area contributed by atoms with Gasteiger partial charge in [-0.05, 0) is 101 Å². The number of rotatable bonds is 6. The summed E-state index contributed by atoms with van der Waals surface area (Å²) < 4.78 is 10.4. The predicted molar refractivity (Wildman–Crippen MR) is 177 cm³/mol. The Kier molecular flexibility index (Phi) is 8.14. The summed E-state index contributed by atoms with van der Waals surface area (Å²) in [4.78, 5) is 34.6. The maximum atomic E-state index is 13.2. The molecule has 11 heteroatoms. The van der Waals surface area contributed by atoms with Crippen molar-refractivity contribution in [2.75, 3.05) is 0 Å². The van der Waals surface area contributed by atoms with Crippen LogP contribution in [0.5, 0.6) is 0 Å². The highest BCUT2D eigenvalue weighted by Gasteiger charge is 2.28. The van der Waals surface area contributed by atoms with E-state index in [4.69, 9.17) is 16.3 Å². The minimum atomic E-state index is -1.14. The molecule has 0 fully saturated rings. The maximum absolute atomic E-state index is 13.2. The van der Waals surface area contributed by atoms with Crippen molar-refractivity contribution in [3.05, 3.63) is 98.6 Å². The number of ether oxygens (including phenoxy) is 1. The normalized spacial score (nSPS) is 15.3. The molecule has 0 radical (unpaired) electrons. The SMILES string of the molecule is Cn1c(=O)c2ccc(-c3cnc(C(C)(C)O)nc3)cc2n1Cc1cc(CC2CCCc3cn(C(=O)OC(C)(C)C)nc32)ccc1Cl. The number of benzene rings is 2. The van der Waals surface area contributed by atoms with E-state index in [-0.39, 0.29) is 11.5 Å². The third-order valence-electron chi connectivity index (χ3n) is 8.40. The molecular formula is C35H39ClN6O4. The van der Waals surface area contributed by atoms with Crippen LogP contribution in [0.2, 0.25) is 5.02 Å². The van der Waals surface area contributed by atoms with Gasteiger partial charge < -0.3 is 9.84 Å². The first-order chi connectivity index (χ1) is 21.7. The van der Waals surface area contributed by atoms with Crippen LogP contribution in [0.4, 0.5) is 4.79 Å². The molecule has 0 amide bonds. The number of aliphatic hydroxyl groups is 1. The van der Waals surface area contributed by atoms with Crippen LogP contribution in [0.3, 0.4) is 0 Å². The van der Waals surface area contributed by atoms with Crippen LogP contribution in [-0.4, -0.2) is 45.9 Å². The summed E-state index contributed by atoms with van der Waals surface area (Å²) in [5.41, 5.74) is 4.58. The van der Waals surface area contributed by atoms with Gasteiger partial charge in [-0.3, -0.25) is 14.2 Å². The summed E-state index contributed by atoms with van der Waals surface area (Å²) in [6.07, 6.45) is 8.32. The van der Waals surface area contributed by atoms with Gasteiger partial charge in [0.2, 0.25) is 0 Å². The van der Waals surface area contributed by atoms with Gasteiger partial charge in [0.1, 0.15) is 11.2 Å². The average molecular weight is 643 g/mol. The lowest BCUT2D eigenvalue weighted by atomic mass is 9.84. The van der Waals surface area contributed by atoms with Gasteiger partial charge in [-0.2, -0.15) is 9.78 Å². The second-order valence-corrected chi connectivity index (χ2v) is 14.1. The van der Waals surface area contributed by atoms with Crippen LogP contribution in [0.1, 0.15) is 81.6 Å². The van der Waals surface area contributed by atoms with Crippen molar-refractivity contribution in [1.82, 2.24) is 29.1 Å². The van der Waals surface area contributed by atoms with Gasteiger partial charge in [-0.25, -0.2) is 14.8 Å². The third kappa shape index (κ3) is 6.37. The van der Waals surface area contributed by atoms with Crippen molar-refractivity contribution in [1.29, 1.82) is 0 Å². The molecular weight excluding hydrogens is 604 g/mol. The van der Waals surface area contributed by atoms with Gasteiger partial charge in [0.25, 0.3) is 5.56 Å². The van der Waals surface area contributed by atoms with Crippen molar-refractivity contribution in [3.8, 4) is 11.1 Å². The monoisotopic (exact) mass is 642 g/mol. The highest BCUT2D eigenvalue weighted by atomic mass is 35.5. The van der Waals surface area contributed by atoms with Crippen molar-refractivity contribution >= 4 is 28.6 Å². The maximum Gasteiger partial charge on any atom is 0.435 e. The van der Waals surface area contributed by atoms with E-state index in [0.29, 0.717) is 22.8 Å². The summed E-state index contributed by atoms with van der Waals surface area (Å²) in [5, 5.41) is 16.1. The number of fused-ring (bicyclic) bond motifs is 2. The van der Waals surface area contributed by atoms with Gasteiger partial charge in [0.15, 0.2) is 5.82 Å². The predicted octanol–water partition coefficient (Wildman–Crippen LogP) is 6.37. The number of nitrogens with zero attached hydrogens (tertiary/aromatic N) is 6. The minimum Gasteiger partial charge on any atom is -0.442 e. The van der Waals surface area contributed by atoms with E-state index < -0.39 is 17.3 Å². The summed E-state index contributed by atoms with van der Waals surface area (Å²) in [5.74, 6) is 0.495. The number of halogens is 1. The third-order valence-corrected chi connectivity index (χ3v) is 8.76. The molecule has 1 aliphatic rings. The Morgan fingerprint density at radius 2 is 1.80 bits per heavy atom. The van der Waals surface area contributed by atoms with Crippen LogP contribution in [0, 0.1) is 0 Å². The lowest BCUT2D eigenvalue weighted by molar-refractivity contribution is 0.0513. The largest absolute Gasteiger partial charge is 0.442 e. The Morgan fingerprint density at radius 3 is 2.50 bits per heavy atom. The van der Waals surface area contributed by atoms with Crippen LogP contribution in [0.25, 0.3) is 22.0 Å². The molecule has 0 bridgehead atoms. The van der Waals surface area contributed by atoms with Gasteiger partial charge >= 0.3 is 6.09 Å². The molecule has 0 aliphatic heterocycles. The molecule has 1 atom stereocenters. The fourth-order valence-corrected chi connectivity index (χ4v) is 6.27. The second-order valence-electron chi connectivity index (χ2n) is 13.7. The molecule has 1 unspecified atom stereocenters. The van der Waals surface area contributed by atoms with E-state index >= 15 is 0 Å². The highest BCUT2D eigenvalue weighted by molar-refractivity contribution is 6.31. The Hall–Kier alpha value is -4.28. The molecule has 240 valence electrons. The molecule has 1 aliphatic carbocycles. The van der Waals surface area contributed by atoms with E-state index in [1.165, 1.54) is 4.68 Å². The molecule has 1 N–H and O–H groups in total. The average Bonchev–Trinajstić information content (AvgIpc) is 3.54. The molecule has 0 spiro atoms. The lowest BCUT2D eigenvalue weighted by Crippen LogP contribution is -2.27. The van der Waals surface area contributed by atoms with E-state index in [0.717, 1.165) is 64.7 Å². The molecule has 46 heavy (non-hydrogen) atoms. The van der Waals surface area contributed by atoms with Crippen molar-refractivity contribution < 1.29 is 14.6 Å². The van der Waals surface area contributed by atoms with Gasteiger partial charge in [-0.1, -0.05) is 29.8 Å². The van der Waals surface area contributed by atoms with Crippen LogP contribution in [0.15, 0.2) is 59.8 Å².